The van der Waals surface area contributed by atoms with Gasteiger partial charge in [-0.25, -0.2) is 0 Å². The lowest BCUT2D eigenvalue weighted by molar-refractivity contribution is -0.143. The van der Waals surface area contributed by atoms with Crippen LogP contribution in [0.4, 0.5) is 0 Å². The summed E-state index contributed by atoms with van der Waals surface area (Å²) in [7, 11) is 0. The summed E-state index contributed by atoms with van der Waals surface area (Å²) in [6.45, 7) is 0.582. The molecule has 0 aromatic rings. The molecular weight excluding hydrogens is 432 g/mol. The van der Waals surface area contributed by atoms with Crippen LogP contribution in [0.25, 0.3) is 0 Å². The minimum Gasteiger partial charge on any atom is -0.363 e. The number of primary amides is 1. The van der Waals surface area contributed by atoms with E-state index in [4.69, 9.17) is 11.5 Å². The number of hydrogen-bond acceptors (Lipinski definition) is 5. The van der Waals surface area contributed by atoms with E-state index in [9.17, 15) is 19.2 Å². The summed E-state index contributed by atoms with van der Waals surface area (Å²) in [4.78, 5) is 53.4. The van der Waals surface area contributed by atoms with Crippen LogP contribution in [0.15, 0.2) is 0 Å². The number of nitrogens with zero attached hydrogens (tertiary/aromatic N) is 1. The van der Waals surface area contributed by atoms with Gasteiger partial charge in [-0.05, 0) is 74.0 Å². The molecule has 1 saturated heterocycles. The average Bonchev–Trinajstić information content (AvgIpc) is 3.38. The maximum absolute atomic E-state index is 13.7. The molecule has 1 spiro atoms. The Morgan fingerprint density at radius 2 is 1.65 bits per heavy atom. The van der Waals surface area contributed by atoms with Gasteiger partial charge in [0, 0.05) is 6.54 Å². The van der Waals surface area contributed by atoms with Crippen LogP contribution in [-0.4, -0.2) is 53.1 Å². The first kappa shape index (κ1) is 23.8. The van der Waals surface area contributed by atoms with Crippen molar-refractivity contribution in [1.29, 1.82) is 0 Å². The number of amides is 3. The molecule has 0 radical (unpaired) electrons. The van der Waals surface area contributed by atoms with Crippen LogP contribution in [0.1, 0.15) is 83.5 Å². The molecule has 4 aliphatic carbocycles. The first-order chi connectivity index (χ1) is 16.3. The third kappa shape index (κ3) is 4.27. The fourth-order valence-electron chi connectivity index (χ4n) is 7.51. The van der Waals surface area contributed by atoms with Gasteiger partial charge in [-0.1, -0.05) is 38.5 Å². The van der Waals surface area contributed by atoms with Gasteiger partial charge in [0.25, 0.3) is 5.91 Å². The van der Waals surface area contributed by atoms with E-state index in [1.807, 2.05) is 0 Å². The number of carbonyl (C=O) groups excluding carboxylic acids is 4. The number of nitrogens with two attached hydrogens (primary N) is 2. The number of hydrogen-bond donors (Lipinski definition) is 3. The van der Waals surface area contributed by atoms with Crippen LogP contribution in [0, 0.1) is 29.1 Å². The van der Waals surface area contributed by atoms with Crippen LogP contribution in [0.3, 0.4) is 0 Å². The van der Waals surface area contributed by atoms with Crippen LogP contribution in [0.5, 0.6) is 0 Å². The SMILES string of the molecule is NC(=O)C(=O)C(CC1CCC1)NC(=O)[C@@H]1[C@H]2CCC3(CC3)[C@H]2CN1C(=O)[C@@H](N)C1CCCCC1. The van der Waals surface area contributed by atoms with Gasteiger partial charge in [0.15, 0.2) is 0 Å². The minimum absolute atomic E-state index is 0.0954. The zero-order valence-electron chi connectivity index (χ0n) is 20.2. The van der Waals surface area contributed by atoms with Crippen molar-refractivity contribution in [2.24, 2.45) is 40.6 Å². The Hall–Kier alpha value is -1.96. The molecule has 5 aliphatic rings. The molecule has 1 unspecified atom stereocenters. The molecule has 188 valence electrons. The molecule has 34 heavy (non-hydrogen) atoms. The van der Waals surface area contributed by atoms with Crippen molar-refractivity contribution in [3.63, 3.8) is 0 Å². The number of Topliss-reactive ketones (excluding diaryl/α,β-unsaturated/α-hetero) is 1. The number of rotatable bonds is 8. The second kappa shape index (κ2) is 9.25. The third-order valence-electron chi connectivity index (χ3n) is 9.97. The van der Waals surface area contributed by atoms with E-state index in [0.717, 1.165) is 57.8 Å². The van der Waals surface area contributed by atoms with Gasteiger partial charge >= 0.3 is 0 Å². The molecule has 0 aromatic heterocycles. The first-order valence-electron chi connectivity index (χ1n) is 13.5. The van der Waals surface area contributed by atoms with Crippen molar-refractivity contribution in [2.45, 2.75) is 102 Å². The summed E-state index contributed by atoms with van der Waals surface area (Å²) in [5.41, 5.74) is 12.1. The molecule has 5 rings (SSSR count). The topological polar surface area (TPSA) is 136 Å². The second-order valence-corrected chi connectivity index (χ2v) is 11.9. The Kier molecular flexibility index (Phi) is 6.46. The molecule has 8 nitrogen and oxygen atoms in total. The fraction of sp³-hybridized carbons (Fsp3) is 0.846. The van der Waals surface area contributed by atoms with Crippen LogP contribution in [0.2, 0.25) is 0 Å². The summed E-state index contributed by atoms with van der Waals surface area (Å²) >= 11 is 0. The Morgan fingerprint density at radius 3 is 2.24 bits per heavy atom. The maximum Gasteiger partial charge on any atom is 0.287 e. The number of ketones is 1. The Labute approximate surface area is 201 Å². The molecule has 1 aliphatic heterocycles. The van der Waals surface area contributed by atoms with Crippen molar-refractivity contribution in [1.82, 2.24) is 10.2 Å². The van der Waals surface area contributed by atoms with E-state index >= 15 is 0 Å². The number of fused-ring (bicyclic) bond motifs is 2. The van der Waals surface area contributed by atoms with Crippen molar-refractivity contribution < 1.29 is 19.2 Å². The molecule has 0 bridgehead atoms. The van der Waals surface area contributed by atoms with E-state index in [-0.39, 0.29) is 29.1 Å². The first-order valence-corrected chi connectivity index (χ1v) is 13.5. The van der Waals surface area contributed by atoms with E-state index in [0.29, 0.717) is 24.8 Å². The van der Waals surface area contributed by atoms with E-state index in [2.05, 4.69) is 5.32 Å². The molecule has 5 fully saturated rings. The highest BCUT2D eigenvalue weighted by Crippen LogP contribution is 2.66. The standard InChI is InChI=1S/C26H40N4O4/c27-20(16-7-2-1-3-8-16)25(34)30-14-18-17(9-10-26(18)11-12-26)21(30)24(33)29-19(22(31)23(28)32)13-15-5-4-6-15/h15-21H,1-14,27H2,(H2,28,32)(H,29,33)/t17-,18-,19?,20-,21-/m0/s1. The lowest BCUT2D eigenvalue weighted by atomic mass is 9.80. The predicted molar refractivity (Wildman–Crippen MR) is 126 cm³/mol. The summed E-state index contributed by atoms with van der Waals surface area (Å²) in [6, 6.07) is -2.10. The summed E-state index contributed by atoms with van der Waals surface area (Å²) in [5, 5.41) is 2.88. The smallest absolute Gasteiger partial charge is 0.287 e. The highest BCUT2D eigenvalue weighted by atomic mass is 16.2. The molecule has 3 amide bonds. The van der Waals surface area contributed by atoms with Gasteiger partial charge in [-0.2, -0.15) is 0 Å². The predicted octanol–water partition coefficient (Wildman–Crippen LogP) is 1.64. The molecule has 0 aromatic carbocycles. The van der Waals surface area contributed by atoms with Gasteiger partial charge < -0.3 is 21.7 Å². The molecule has 5 atom stereocenters. The largest absolute Gasteiger partial charge is 0.363 e. The minimum atomic E-state index is -1.01. The van der Waals surface area contributed by atoms with Gasteiger partial charge in [0.05, 0.1) is 12.1 Å². The summed E-state index contributed by atoms with van der Waals surface area (Å²) < 4.78 is 0. The van der Waals surface area contributed by atoms with Gasteiger partial charge in [0.1, 0.15) is 6.04 Å². The fourth-order valence-corrected chi connectivity index (χ4v) is 7.51. The van der Waals surface area contributed by atoms with E-state index in [1.165, 1.54) is 19.3 Å². The normalized spacial score (nSPS) is 32.0. The van der Waals surface area contributed by atoms with Crippen LogP contribution in [-0.2, 0) is 19.2 Å². The van der Waals surface area contributed by atoms with Gasteiger partial charge in [0.2, 0.25) is 17.6 Å². The zero-order valence-corrected chi connectivity index (χ0v) is 20.2. The van der Waals surface area contributed by atoms with Crippen molar-refractivity contribution in [3.8, 4) is 0 Å². The Bertz CT molecular complexity index is 846. The summed E-state index contributed by atoms with van der Waals surface area (Å²) in [6.07, 6.45) is 13.2. The summed E-state index contributed by atoms with van der Waals surface area (Å²) in [5.74, 6) is -1.27. The number of carbonyl (C=O) groups is 4. The lowest BCUT2D eigenvalue weighted by Crippen LogP contribution is -2.57. The second-order valence-electron chi connectivity index (χ2n) is 11.9. The molecule has 1 heterocycles. The van der Waals surface area contributed by atoms with Crippen molar-refractivity contribution in [2.75, 3.05) is 6.54 Å². The molecule has 8 heteroatoms. The maximum atomic E-state index is 13.7. The monoisotopic (exact) mass is 472 g/mol. The quantitative estimate of drug-likeness (QED) is 0.462. The van der Waals surface area contributed by atoms with E-state index in [1.54, 1.807) is 4.90 Å². The van der Waals surface area contributed by atoms with Crippen LogP contribution < -0.4 is 16.8 Å². The molecular formula is C26H40N4O4. The zero-order chi connectivity index (χ0) is 24.0. The van der Waals surface area contributed by atoms with Gasteiger partial charge in [-0.3, -0.25) is 19.2 Å². The molecule has 4 saturated carbocycles. The number of nitrogens with one attached hydrogen (secondary N) is 1. The van der Waals surface area contributed by atoms with E-state index < -0.39 is 29.8 Å². The van der Waals surface area contributed by atoms with Gasteiger partial charge in [-0.15, -0.1) is 0 Å². The van der Waals surface area contributed by atoms with Crippen LogP contribution >= 0.6 is 0 Å². The number of likely N-dealkylation sites (tertiary alicyclic amines) is 1. The Balaban J connectivity index is 1.35. The van der Waals surface area contributed by atoms with Crippen molar-refractivity contribution in [3.05, 3.63) is 0 Å². The third-order valence-corrected chi connectivity index (χ3v) is 9.97. The highest BCUT2D eigenvalue weighted by Gasteiger charge is 2.63. The molecule has 5 N–H and O–H groups in total. The highest BCUT2D eigenvalue weighted by molar-refractivity contribution is 6.37. The average molecular weight is 473 g/mol. The lowest BCUT2D eigenvalue weighted by Gasteiger charge is -2.34. The van der Waals surface area contributed by atoms with Crippen molar-refractivity contribution >= 4 is 23.5 Å². The Morgan fingerprint density at radius 1 is 0.941 bits per heavy atom.